The molecule has 0 saturated heterocycles. The van der Waals surface area contributed by atoms with E-state index in [4.69, 9.17) is 11.6 Å². The van der Waals surface area contributed by atoms with Crippen LogP contribution in [-0.4, -0.2) is 14.9 Å². The predicted octanol–water partition coefficient (Wildman–Crippen LogP) is 3.56. The van der Waals surface area contributed by atoms with E-state index in [0.29, 0.717) is 10.7 Å². The Kier molecular flexibility index (Phi) is 2.98. The number of alkyl halides is 3. The van der Waals surface area contributed by atoms with Crippen LogP contribution in [0.25, 0.3) is 5.69 Å². The van der Waals surface area contributed by atoms with Crippen LogP contribution < -0.4 is 0 Å². The minimum atomic E-state index is -4.69. The van der Waals surface area contributed by atoms with E-state index in [-0.39, 0.29) is 5.69 Å². The number of nitrogens with zero attached hydrogens (tertiary/aromatic N) is 2. The molecule has 7 heteroatoms. The van der Waals surface area contributed by atoms with Crippen molar-refractivity contribution in [1.82, 2.24) is 9.78 Å². The van der Waals surface area contributed by atoms with Gasteiger partial charge >= 0.3 is 6.18 Å². The molecule has 0 aliphatic rings. The third-order valence-corrected chi connectivity index (χ3v) is 2.68. The van der Waals surface area contributed by atoms with Crippen LogP contribution >= 0.6 is 11.6 Å². The zero-order valence-electron chi connectivity index (χ0n) is 9.16. The van der Waals surface area contributed by atoms with Crippen LogP contribution in [0, 0.1) is 6.92 Å². The molecule has 0 aliphatic heterocycles. The van der Waals surface area contributed by atoms with E-state index in [1.165, 1.54) is 31.2 Å². The van der Waals surface area contributed by atoms with Gasteiger partial charge in [0.15, 0.2) is 5.75 Å². The molecule has 96 valence electrons. The van der Waals surface area contributed by atoms with E-state index in [1.807, 2.05) is 0 Å². The SMILES string of the molecule is Cc1c(O)c(C(F)(F)F)nn1-c1ccc(Cl)cc1. The van der Waals surface area contributed by atoms with Crippen molar-refractivity contribution >= 4 is 11.6 Å². The van der Waals surface area contributed by atoms with Crippen LogP contribution in [0.2, 0.25) is 5.02 Å². The van der Waals surface area contributed by atoms with E-state index >= 15 is 0 Å². The number of hydrogen-bond acceptors (Lipinski definition) is 2. The van der Waals surface area contributed by atoms with Crippen LogP contribution in [0.5, 0.6) is 5.75 Å². The number of rotatable bonds is 1. The Morgan fingerprint density at radius 3 is 2.22 bits per heavy atom. The summed E-state index contributed by atoms with van der Waals surface area (Å²) >= 11 is 5.69. The van der Waals surface area contributed by atoms with Gasteiger partial charge in [-0.1, -0.05) is 11.6 Å². The lowest BCUT2D eigenvalue weighted by molar-refractivity contribution is -0.142. The first-order chi connectivity index (χ1) is 8.30. The van der Waals surface area contributed by atoms with Crippen LogP contribution in [-0.2, 0) is 6.18 Å². The Morgan fingerprint density at radius 2 is 1.78 bits per heavy atom. The fourth-order valence-electron chi connectivity index (χ4n) is 1.52. The molecule has 0 atom stereocenters. The largest absolute Gasteiger partial charge is 0.504 e. The summed E-state index contributed by atoms with van der Waals surface area (Å²) in [7, 11) is 0. The summed E-state index contributed by atoms with van der Waals surface area (Å²) in [6.45, 7) is 1.35. The second kappa shape index (κ2) is 4.20. The topological polar surface area (TPSA) is 38.1 Å². The van der Waals surface area contributed by atoms with E-state index in [1.54, 1.807) is 0 Å². The Balaban J connectivity index is 2.56. The van der Waals surface area contributed by atoms with Gasteiger partial charge in [0, 0.05) is 5.02 Å². The second-order valence-electron chi connectivity index (χ2n) is 3.67. The summed E-state index contributed by atoms with van der Waals surface area (Å²) in [6, 6.07) is 6.09. The van der Waals surface area contributed by atoms with Crippen molar-refractivity contribution in [1.29, 1.82) is 0 Å². The molecule has 0 spiro atoms. The van der Waals surface area contributed by atoms with Crippen molar-refractivity contribution < 1.29 is 18.3 Å². The third-order valence-electron chi connectivity index (χ3n) is 2.42. The maximum Gasteiger partial charge on any atom is 0.438 e. The summed E-state index contributed by atoms with van der Waals surface area (Å²) in [4.78, 5) is 0. The Labute approximate surface area is 105 Å². The van der Waals surface area contributed by atoms with Gasteiger partial charge < -0.3 is 5.11 Å². The molecule has 0 aliphatic carbocycles. The molecule has 3 nitrogen and oxygen atoms in total. The van der Waals surface area contributed by atoms with E-state index in [0.717, 1.165) is 4.68 Å². The lowest BCUT2D eigenvalue weighted by Gasteiger charge is -2.03. The third kappa shape index (κ3) is 2.15. The average Bonchev–Trinajstić information content (AvgIpc) is 2.57. The van der Waals surface area contributed by atoms with E-state index in [9.17, 15) is 18.3 Å². The first kappa shape index (κ1) is 12.8. The van der Waals surface area contributed by atoms with Gasteiger partial charge in [-0.15, -0.1) is 0 Å². The molecule has 0 radical (unpaired) electrons. The Hall–Kier alpha value is -1.69. The van der Waals surface area contributed by atoms with Crippen LogP contribution in [0.3, 0.4) is 0 Å². The van der Waals surface area contributed by atoms with Gasteiger partial charge in [-0.3, -0.25) is 0 Å². The van der Waals surface area contributed by atoms with Gasteiger partial charge in [-0.25, -0.2) is 4.68 Å². The van der Waals surface area contributed by atoms with Gasteiger partial charge in [-0.05, 0) is 31.2 Å². The number of benzene rings is 1. The molecular weight excluding hydrogens is 269 g/mol. The van der Waals surface area contributed by atoms with E-state index in [2.05, 4.69) is 5.10 Å². The summed E-state index contributed by atoms with van der Waals surface area (Å²) in [5.74, 6) is -0.863. The number of aromatic nitrogens is 2. The fourth-order valence-corrected chi connectivity index (χ4v) is 1.64. The zero-order valence-corrected chi connectivity index (χ0v) is 9.92. The predicted molar refractivity (Wildman–Crippen MR) is 60.0 cm³/mol. The van der Waals surface area contributed by atoms with Gasteiger partial charge in [0.1, 0.15) is 0 Å². The molecule has 0 saturated carbocycles. The molecule has 1 heterocycles. The Bertz CT molecular complexity index is 575. The second-order valence-corrected chi connectivity index (χ2v) is 4.11. The highest BCUT2D eigenvalue weighted by atomic mass is 35.5. The van der Waals surface area contributed by atoms with Gasteiger partial charge in [0.05, 0.1) is 11.4 Å². The maximum atomic E-state index is 12.6. The van der Waals surface area contributed by atoms with Gasteiger partial charge in [0.25, 0.3) is 0 Å². The first-order valence-corrected chi connectivity index (χ1v) is 5.30. The average molecular weight is 277 g/mol. The summed E-state index contributed by atoms with van der Waals surface area (Å²) in [5, 5.41) is 13.3. The molecule has 2 rings (SSSR count). The van der Waals surface area contributed by atoms with Gasteiger partial charge in [0.2, 0.25) is 5.69 Å². The minimum absolute atomic E-state index is 0.0182. The van der Waals surface area contributed by atoms with Crippen LogP contribution in [0.4, 0.5) is 13.2 Å². The molecule has 18 heavy (non-hydrogen) atoms. The lowest BCUT2D eigenvalue weighted by Crippen LogP contribution is -2.07. The zero-order chi connectivity index (χ0) is 13.5. The summed E-state index contributed by atoms with van der Waals surface area (Å²) in [6.07, 6.45) is -4.69. The van der Waals surface area contributed by atoms with Crippen molar-refractivity contribution in [3.8, 4) is 11.4 Å². The Morgan fingerprint density at radius 1 is 1.22 bits per heavy atom. The normalized spacial score (nSPS) is 11.8. The number of halogens is 4. The molecule has 1 aromatic heterocycles. The fraction of sp³-hybridized carbons (Fsp3) is 0.182. The smallest absolute Gasteiger partial charge is 0.438 e. The molecule has 1 N–H and O–H groups in total. The summed E-state index contributed by atoms with van der Waals surface area (Å²) in [5.41, 5.74) is -0.887. The highest BCUT2D eigenvalue weighted by molar-refractivity contribution is 6.30. The number of aromatic hydroxyl groups is 1. The van der Waals surface area contributed by atoms with Crippen molar-refractivity contribution in [2.45, 2.75) is 13.1 Å². The summed E-state index contributed by atoms with van der Waals surface area (Å²) < 4.78 is 38.7. The molecule has 0 bridgehead atoms. The quantitative estimate of drug-likeness (QED) is 0.865. The maximum absolute atomic E-state index is 12.6. The van der Waals surface area contributed by atoms with Crippen LogP contribution in [0.15, 0.2) is 24.3 Å². The number of hydrogen-bond donors (Lipinski definition) is 1. The lowest BCUT2D eigenvalue weighted by atomic mass is 10.3. The highest BCUT2D eigenvalue weighted by Crippen LogP contribution is 2.37. The minimum Gasteiger partial charge on any atom is -0.504 e. The van der Waals surface area contributed by atoms with Crippen molar-refractivity contribution in [3.63, 3.8) is 0 Å². The van der Waals surface area contributed by atoms with E-state index < -0.39 is 17.6 Å². The molecule has 2 aromatic rings. The van der Waals surface area contributed by atoms with Crippen molar-refractivity contribution in [2.24, 2.45) is 0 Å². The van der Waals surface area contributed by atoms with Crippen molar-refractivity contribution in [2.75, 3.05) is 0 Å². The molecule has 0 amide bonds. The van der Waals surface area contributed by atoms with Gasteiger partial charge in [-0.2, -0.15) is 18.3 Å². The first-order valence-electron chi connectivity index (χ1n) is 4.92. The molecule has 1 aromatic carbocycles. The molecule has 0 unspecified atom stereocenters. The molecule has 0 fully saturated rings. The van der Waals surface area contributed by atoms with Crippen LogP contribution in [0.1, 0.15) is 11.4 Å². The molecular formula is C11H8ClF3N2O. The standard InChI is InChI=1S/C11H8ClF3N2O/c1-6-9(18)10(11(13,14)15)16-17(6)8-4-2-7(12)3-5-8/h2-5,18H,1H3. The highest BCUT2D eigenvalue weighted by Gasteiger charge is 2.39. The monoisotopic (exact) mass is 276 g/mol. The van der Waals surface area contributed by atoms with Crippen molar-refractivity contribution in [3.05, 3.63) is 40.7 Å².